The monoisotopic (exact) mass is 285 g/mol. The highest BCUT2D eigenvalue weighted by Crippen LogP contribution is 2.45. The van der Waals surface area contributed by atoms with Crippen LogP contribution in [0.15, 0.2) is 24.3 Å². The quantitative estimate of drug-likeness (QED) is 0.634. The summed E-state index contributed by atoms with van der Waals surface area (Å²) in [5.74, 6) is -0.304. The van der Waals surface area contributed by atoms with E-state index in [0.717, 1.165) is 19.3 Å². The van der Waals surface area contributed by atoms with Gasteiger partial charge in [0.2, 0.25) is 11.8 Å². The lowest BCUT2D eigenvalue weighted by atomic mass is 10.00. The van der Waals surface area contributed by atoms with Gasteiger partial charge in [0.05, 0.1) is 17.5 Å². The molecule has 2 unspecified atom stereocenters. The molecule has 0 bridgehead atoms. The largest absolute Gasteiger partial charge is 0.294 e. The highest BCUT2D eigenvalue weighted by atomic mass is 16.2. The second-order valence-corrected chi connectivity index (χ2v) is 6.04. The first kappa shape index (κ1) is 14.0. The molecule has 4 heteroatoms. The molecule has 1 heterocycles. The van der Waals surface area contributed by atoms with E-state index in [1.807, 2.05) is 0 Å². The van der Waals surface area contributed by atoms with Crippen molar-refractivity contribution in [3.05, 3.63) is 29.8 Å². The van der Waals surface area contributed by atoms with Gasteiger partial charge in [-0.15, -0.1) is 0 Å². The van der Waals surface area contributed by atoms with Crippen molar-refractivity contribution in [2.75, 3.05) is 4.90 Å². The predicted octanol–water partition coefficient (Wildman–Crippen LogP) is 2.81. The molecule has 1 aliphatic heterocycles. The van der Waals surface area contributed by atoms with Crippen molar-refractivity contribution >= 4 is 23.3 Å². The van der Waals surface area contributed by atoms with Gasteiger partial charge in [-0.25, -0.2) is 4.90 Å². The van der Waals surface area contributed by atoms with Crippen molar-refractivity contribution in [1.29, 1.82) is 0 Å². The van der Waals surface area contributed by atoms with E-state index in [1.165, 1.54) is 11.8 Å². The van der Waals surface area contributed by atoms with E-state index < -0.39 is 0 Å². The lowest BCUT2D eigenvalue weighted by molar-refractivity contribution is -0.123. The molecule has 1 aromatic rings. The number of hydrogen-bond acceptors (Lipinski definition) is 3. The number of para-hydroxylation sites is 1. The molecule has 1 aromatic carbocycles. The van der Waals surface area contributed by atoms with Gasteiger partial charge in [0.15, 0.2) is 5.78 Å². The number of ketones is 1. The van der Waals surface area contributed by atoms with Crippen molar-refractivity contribution < 1.29 is 14.4 Å². The summed E-state index contributed by atoms with van der Waals surface area (Å²) in [5.41, 5.74) is 0.883. The number of benzene rings is 1. The van der Waals surface area contributed by atoms with E-state index >= 15 is 0 Å². The molecule has 0 radical (unpaired) electrons. The maximum Gasteiger partial charge on any atom is 0.237 e. The first-order valence-electron chi connectivity index (χ1n) is 7.52. The summed E-state index contributed by atoms with van der Waals surface area (Å²) in [6, 6.07) is 6.86. The molecule has 1 saturated carbocycles. The van der Waals surface area contributed by atoms with Crippen LogP contribution in [0.25, 0.3) is 0 Å². The molecule has 21 heavy (non-hydrogen) atoms. The van der Waals surface area contributed by atoms with Crippen LogP contribution in [0.2, 0.25) is 0 Å². The van der Waals surface area contributed by atoms with Crippen LogP contribution in [0, 0.1) is 17.8 Å². The van der Waals surface area contributed by atoms with Gasteiger partial charge in [-0.05, 0) is 37.8 Å². The molecule has 0 aromatic heterocycles. The number of rotatable bonds is 3. The lowest BCUT2D eigenvalue weighted by Crippen LogP contribution is -2.33. The minimum Gasteiger partial charge on any atom is -0.294 e. The zero-order valence-corrected chi connectivity index (χ0v) is 12.3. The van der Waals surface area contributed by atoms with E-state index in [0.29, 0.717) is 17.2 Å². The molecular formula is C17H19NO3. The maximum atomic E-state index is 12.6. The summed E-state index contributed by atoms with van der Waals surface area (Å²) in [4.78, 5) is 38.2. The smallest absolute Gasteiger partial charge is 0.237 e. The molecule has 2 atom stereocenters. The van der Waals surface area contributed by atoms with Gasteiger partial charge in [-0.3, -0.25) is 14.4 Å². The van der Waals surface area contributed by atoms with Crippen LogP contribution in [-0.2, 0) is 9.59 Å². The summed E-state index contributed by atoms with van der Waals surface area (Å²) < 4.78 is 0. The van der Waals surface area contributed by atoms with Crippen molar-refractivity contribution in [2.24, 2.45) is 17.8 Å². The molecular weight excluding hydrogens is 266 g/mol. The average Bonchev–Trinajstić information content (AvgIpc) is 2.99. The number of anilines is 1. The Labute approximate surface area is 124 Å². The highest BCUT2D eigenvalue weighted by molar-refractivity contribution is 6.24. The number of fused-ring (bicyclic) bond motifs is 1. The lowest BCUT2D eigenvalue weighted by Gasteiger charge is -2.19. The van der Waals surface area contributed by atoms with E-state index in [-0.39, 0.29) is 29.4 Å². The van der Waals surface area contributed by atoms with Crippen LogP contribution in [0.4, 0.5) is 5.69 Å². The SMILES string of the molecule is CCC1CC2C(=O)N(c3ccccc3C(C)=O)C(=O)C2C1. The van der Waals surface area contributed by atoms with Gasteiger partial charge in [-0.2, -0.15) is 0 Å². The van der Waals surface area contributed by atoms with Gasteiger partial charge in [0.25, 0.3) is 0 Å². The van der Waals surface area contributed by atoms with Gasteiger partial charge < -0.3 is 0 Å². The van der Waals surface area contributed by atoms with Gasteiger partial charge in [0, 0.05) is 5.56 Å². The second kappa shape index (κ2) is 5.10. The summed E-state index contributed by atoms with van der Waals surface area (Å²) >= 11 is 0. The van der Waals surface area contributed by atoms with Gasteiger partial charge >= 0.3 is 0 Å². The Bertz CT molecular complexity index is 598. The molecule has 110 valence electrons. The van der Waals surface area contributed by atoms with Crippen LogP contribution in [0.1, 0.15) is 43.5 Å². The first-order valence-corrected chi connectivity index (χ1v) is 7.52. The van der Waals surface area contributed by atoms with Crippen LogP contribution in [0.5, 0.6) is 0 Å². The molecule has 1 saturated heterocycles. The number of amides is 2. The van der Waals surface area contributed by atoms with Crippen molar-refractivity contribution in [1.82, 2.24) is 0 Å². The molecule has 0 spiro atoms. The fourth-order valence-electron chi connectivity index (χ4n) is 3.67. The van der Waals surface area contributed by atoms with E-state index in [4.69, 9.17) is 0 Å². The van der Waals surface area contributed by atoms with E-state index in [1.54, 1.807) is 24.3 Å². The summed E-state index contributed by atoms with van der Waals surface area (Å²) in [7, 11) is 0. The summed E-state index contributed by atoms with van der Waals surface area (Å²) in [6.07, 6.45) is 2.60. The molecule has 2 aliphatic rings. The number of carbonyl (C=O) groups excluding carboxylic acids is 3. The molecule has 3 rings (SSSR count). The van der Waals surface area contributed by atoms with Crippen LogP contribution < -0.4 is 4.90 Å². The number of imide groups is 1. The maximum absolute atomic E-state index is 12.6. The third kappa shape index (κ3) is 2.09. The number of hydrogen-bond donors (Lipinski definition) is 0. The minimum atomic E-state index is -0.192. The zero-order chi connectivity index (χ0) is 15.1. The van der Waals surface area contributed by atoms with E-state index in [2.05, 4.69) is 6.92 Å². The molecule has 1 aliphatic carbocycles. The molecule has 2 amide bonds. The number of nitrogens with zero attached hydrogens (tertiary/aromatic N) is 1. The Balaban J connectivity index is 1.98. The standard InChI is InChI=1S/C17H19NO3/c1-3-11-8-13-14(9-11)17(21)18(16(13)20)15-7-5-4-6-12(15)10(2)19/h4-7,11,13-14H,3,8-9H2,1-2H3. The highest BCUT2D eigenvalue weighted by Gasteiger charge is 2.53. The van der Waals surface area contributed by atoms with Crippen LogP contribution in [0.3, 0.4) is 0 Å². The Kier molecular flexibility index (Phi) is 3.40. The van der Waals surface area contributed by atoms with Crippen LogP contribution >= 0.6 is 0 Å². The summed E-state index contributed by atoms with van der Waals surface area (Å²) in [6.45, 7) is 3.56. The Morgan fingerprint density at radius 1 is 1.14 bits per heavy atom. The number of Topliss-reactive ketones (excluding diaryl/α,β-unsaturated/α-hetero) is 1. The predicted molar refractivity (Wildman–Crippen MR) is 78.9 cm³/mol. The average molecular weight is 285 g/mol. The van der Waals surface area contributed by atoms with Crippen molar-refractivity contribution in [3.8, 4) is 0 Å². The zero-order valence-electron chi connectivity index (χ0n) is 12.3. The fraction of sp³-hybridized carbons (Fsp3) is 0.471. The Morgan fingerprint density at radius 3 is 2.24 bits per heavy atom. The minimum absolute atomic E-state index is 0.130. The van der Waals surface area contributed by atoms with Crippen molar-refractivity contribution in [2.45, 2.75) is 33.1 Å². The van der Waals surface area contributed by atoms with Gasteiger partial charge in [0.1, 0.15) is 0 Å². The van der Waals surface area contributed by atoms with Gasteiger partial charge in [-0.1, -0.05) is 25.5 Å². The number of carbonyl (C=O) groups is 3. The topological polar surface area (TPSA) is 54.5 Å². The molecule has 2 fully saturated rings. The van der Waals surface area contributed by atoms with Crippen LogP contribution in [-0.4, -0.2) is 17.6 Å². The second-order valence-electron chi connectivity index (χ2n) is 6.04. The molecule has 0 N–H and O–H groups in total. The van der Waals surface area contributed by atoms with E-state index in [9.17, 15) is 14.4 Å². The third-order valence-corrected chi connectivity index (χ3v) is 4.84. The summed E-state index contributed by atoms with van der Waals surface area (Å²) in [5, 5.41) is 0. The Morgan fingerprint density at radius 2 is 1.71 bits per heavy atom. The normalized spacial score (nSPS) is 28.1. The first-order chi connectivity index (χ1) is 10.0. The third-order valence-electron chi connectivity index (χ3n) is 4.84. The fourth-order valence-corrected chi connectivity index (χ4v) is 3.67. The van der Waals surface area contributed by atoms with Crippen molar-refractivity contribution in [3.63, 3.8) is 0 Å². The Hall–Kier alpha value is -1.97. The molecule has 4 nitrogen and oxygen atoms in total.